The Hall–Kier alpha value is -0.680. The molecule has 0 saturated heterocycles. The first-order chi connectivity index (χ1) is 8.65. The summed E-state index contributed by atoms with van der Waals surface area (Å²) in [5.74, 6) is -0.341. The molecule has 0 aromatic heterocycles. The van der Waals surface area contributed by atoms with E-state index in [9.17, 15) is 4.39 Å². The number of hydrogen-bond donors (Lipinski definition) is 2. The lowest BCUT2D eigenvalue weighted by Gasteiger charge is -2.15. The Morgan fingerprint density at radius 1 is 1.44 bits per heavy atom. The molecule has 1 rings (SSSR count). The SMILES string of the molecule is COCCNCC(C)NCc1cccc(Cl)c1F. The van der Waals surface area contributed by atoms with Gasteiger partial charge in [-0.15, -0.1) is 0 Å². The standard InChI is InChI=1S/C13H20ClFN2O/c1-10(8-16-6-7-18-2)17-9-11-4-3-5-12(14)13(11)15/h3-5,10,16-17H,6-9H2,1-2H3. The first-order valence-electron chi connectivity index (χ1n) is 6.01. The minimum Gasteiger partial charge on any atom is -0.383 e. The maximum absolute atomic E-state index is 13.6. The summed E-state index contributed by atoms with van der Waals surface area (Å²) in [6.45, 7) is 4.83. The maximum atomic E-state index is 13.6. The van der Waals surface area contributed by atoms with Crippen LogP contribution in [0.25, 0.3) is 0 Å². The smallest absolute Gasteiger partial charge is 0.146 e. The molecule has 18 heavy (non-hydrogen) atoms. The summed E-state index contributed by atoms with van der Waals surface area (Å²) in [5, 5.41) is 6.65. The Morgan fingerprint density at radius 3 is 2.94 bits per heavy atom. The molecule has 1 aromatic carbocycles. The van der Waals surface area contributed by atoms with Gasteiger partial charge in [0.25, 0.3) is 0 Å². The highest BCUT2D eigenvalue weighted by Gasteiger charge is 2.07. The summed E-state index contributed by atoms with van der Waals surface area (Å²) in [6.07, 6.45) is 0. The van der Waals surface area contributed by atoms with Crippen molar-refractivity contribution in [1.29, 1.82) is 0 Å². The predicted molar refractivity (Wildman–Crippen MR) is 72.5 cm³/mol. The normalized spacial score (nSPS) is 12.7. The number of halogens is 2. The Morgan fingerprint density at radius 2 is 2.22 bits per heavy atom. The van der Waals surface area contributed by atoms with E-state index in [0.717, 1.165) is 13.1 Å². The van der Waals surface area contributed by atoms with Gasteiger partial charge >= 0.3 is 0 Å². The summed E-state index contributed by atoms with van der Waals surface area (Å²) in [7, 11) is 1.67. The van der Waals surface area contributed by atoms with E-state index < -0.39 is 0 Å². The van der Waals surface area contributed by atoms with E-state index in [0.29, 0.717) is 18.7 Å². The van der Waals surface area contributed by atoms with Crippen molar-refractivity contribution in [2.75, 3.05) is 26.8 Å². The van der Waals surface area contributed by atoms with Gasteiger partial charge in [0.2, 0.25) is 0 Å². The van der Waals surface area contributed by atoms with Gasteiger partial charge in [-0.05, 0) is 13.0 Å². The van der Waals surface area contributed by atoms with Crippen LogP contribution in [0, 0.1) is 5.82 Å². The molecule has 0 aliphatic heterocycles. The Kier molecular flexibility index (Phi) is 7.20. The highest BCUT2D eigenvalue weighted by Crippen LogP contribution is 2.17. The Balaban J connectivity index is 2.29. The summed E-state index contributed by atoms with van der Waals surface area (Å²) >= 11 is 5.72. The molecule has 1 atom stereocenters. The summed E-state index contributed by atoms with van der Waals surface area (Å²) in [6, 6.07) is 5.29. The molecular weight excluding hydrogens is 255 g/mol. The number of benzene rings is 1. The monoisotopic (exact) mass is 274 g/mol. The van der Waals surface area contributed by atoms with Crippen LogP contribution in [-0.4, -0.2) is 32.8 Å². The van der Waals surface area contributed by atoms with Crippen LogP contribution in [0.2, 0.25) is 5.02 Å². The molecule has 0 spiro atoms. The summed E-state index contributed by atoms with van der Waals surface area (Å²) in [5.41, 5.74) is 0.589. The van der Waals surface area contributed by atoms with Gasteiger partial charge in [-0.2, -0.15) is 0 Å². The van der Waals surface area contributed by atoms with Gasteiger partial charge in [-0.1, -0.05) is 23.7 Å². The second-order valence-corrected chi connectivity index (χ2v) is 4.60. The third-order valence-corrected chi connectivity index (χ3v) is 2.90. The molecule has 0 bridgehead atoms. The fraction of sp³-hybridized carbons (Fsp3) is 0.538. The second-order valence-electron chi connectivity index (χ2n) is 4.19. The van der Waals surface area contributed by atoms with Crippen LogP contribution in [0.4, 0.5) is 4.39 Å². The zero-order chi connectivity index (χ0) is 13.4. The lowest BCUT2D eigenvalue weighted by molar-refractivity contribution is 0.198. The van der Waals surface area contributed by atoms with E-state index in [1.54, 1.807) is 25.3 Å². The van der Waals surface area contributed by atoms with Crippen LogP contribution in [0.1, 0.15) is 12.5 Å². The third-order valence-electron chi connectivity index (χ3n) is 2.61. The largest absolute Gasteiger partial charge is 0.383 e. The molecular formula is C13H20ClFN2O. The highest BCUT2D eigenvalue weighted by atomic mass is 35.5. The van der Waals surface area contributed by atoms with Crippen molar-refractivity contribution in [3.05, 3.63) is 34.6 Å². The average Bonchev–Trinajstić information content (AvgIpc) is 2.36. The fourth-order valence-corrected chi connectivity index (χ4v) is 1.73. The summed E-state index contributed by atoms with van der Waals surface area (Å²) in [4.78, 5) is 0. The average molecular weight is 275 g/mol. The van der Waals surface area contributed by atoms with Crippen molar-refractivity contribution in [2.24, 2.45) is 0 Å². The molecule has 1 unspecified atom stereocenters. The molecule has 0 amide bonds. The van der Waals surface area contributed by atoms with Gasteiger partial charge in [0.05, 0.1) is 11.6 Å². The van der Waals surface area contributed by atoms with E-state index in [-0.39, 0.29) is 16.9 Å². The number of ether oxygens (including phenoxy) is 1. The van der Waals surface area contributed by atoms with Crippen molar-refractivity contribution in [3.8, 4) is 0 Å². The molecule has 5 heteroatoms. The minimum atomic E-state index is -0.341. The third kappa shape index (κ3) is 5.31. The van der Waals surface area contributed by atoms with Crippen molar-refractivity contribution in [3.63, 3.8) is 0 Å². The lowest BCUT2D eigenvalue weighted by atomic mass is 10.2. The second kappa shape index (κ2) is 8.43. The van der Waals surface area contributed by atoms with Crippen molar-refractivity contribution in [2.45, 2.75) is 19.5 Å². The van der Waals surface area contributed by atoms with Crippen molar-refractivity contribution >= 4 is 11.6 Å². The molecule has 0 fully saturated rings. The van der Waals surface area contributed by atoms with Crippen LogP contribution in [-0.2, 0) is 11.3 Å². The number of hydrogen-bond acceptors (Lipinski definition) is 3. The maximum Gasteiger partial charge on any atom is 0.146 e. The van der Waals surface area contributed by atoms with Gasteiger partial charge in [0.1, 0.15) is 5.82 Å². The predicted octanol–water partition coefficient (Wildman–Crippen LogP) is 2.19. The van der Waals surface area contributed by atoms with Crippen LogP contribution in [0.15, 0.2) is 18.2 Å². The Bertz CT molecular complexity index is 363. The zero-order valence-corrected chi connectivity index (χ0v) is 11.6. The van der Waals surface area contributed by atoms with Gasteiger partial charge in [0, 0.05) is 38.3 Å². The first kappa shape index (κ1) is 15.4. The number of nitrogens with one attached hydrogen (secondary N) is 2. The molecule has 3 nitrogen and oxygen atoms in total. The van der Waals surface area contributed by atoms with E-state index in [1.165, 1.54) is 0 Å². The molecule has 0 saturated carbocycles. The molecule has 0 aliphatic carbocycles. The molecule has 0 heterocycles. The van der Waals surface area contributed by atoms with Gasteiger partial charge in [-0.25, -0.2) is 4.39 Å². The number of rotatable bonds is 8. The first-order valence-corrected chi connectivity index (χ1v) is 6.39. The van der Waals surface area contributed by atoms with Crippen molar-refractivity contribution < 1.29 is 9.13 Å². The molecule has 2 N–H and O–H groups in total. The highest BCUT2D eigenvalue weighted by molar-refractivity contribution is 6.30. The molecule has 102 valence electrons. The quantitative estimate of drug-likeness (QED) is 0.713. The minimum absolute atomic E-state index is 0.167. The van der Waals surface area contributed by atoms with Crippen LogP contribution in [0.5, 0.6) is 0 Å². The zero-order valence-electron chi connectivity index (χ0n) is 10.8. The van der Waals surface area contributed by atoms with Gasteiger partial charge in [0.15, 0.2) is 0 Å². The van der Waals surface area contributed by atoms with Crippen LogP contribution in [0.3, 0.4) is 0 Å². The molecule has 0 aliphatic rings. The van der Waals surface area contributed by atoms with E-state index >= 15 is 0 Å². The number of methoxy groups -OCH3 is 1. The Labute approximate surface area is 113 Å². The van der Waals surface area contributed by atoms with E-state index in [2.05, 4.69) is 10.6 Å². The van der Waals surface area contributed by atoms with E-state index in [1.807, 2.05) is 6.92 Å². The summed E-state index contributed by atoms with van der Waals surface area (Å²) < 4.78 is 18.5. The lowest BCUT2D eigenvalue weighted by Crippen LogP contribution is -2.37. The van der Waals surface area contributed by atoms with Crippen LogP contribution >= 0.6 is 11.6 Å². The van der Waals surface area contributed by atoms with Gasteiger partial charge in [-0.3, -0.25) is 0 Å². The molecule has 0 radical (unpaired) electrons. The van der Waals surface area contributed by atoms with Crippen molar-refractivity contribution in [1.82, 2.24) is 10.6 Å². The molecule has 1 aromatic rings. The fourth-order valence-electron chi connectivity index (χ4n) is 1.53. The van der Waals surface area contributed by atoms with Crippen LogP contribution < -0.4 is 10.6 Å². The topological polar surface area (TPSA) is 33.3 Å². The van der Waals surface area contributed by atoms with E-state index in [4.69, 9.17) is 16.3 Å². The van der Waals surface area contributed by atoms with Gasteiger partial charge < -0.3 is 15.4 Å².